The maximum absolute atomic E-state index is 12.4. The van der Waals surface area contributed by atoms with Gasteiger partial charge >= 0.3 is 372 Å². The van der Waals surface area contributed by atoms with Crippen molar-refractivity contribution in [2.75, 3.05) is 0 Å². The molecule has 1 saturated carbocycles. The van der Waals surface area contributed by atoms with Crippen LogP contribution >= 0.6 is 15.9 Å². The Morgan fingerprint density at radius 1 is 0.492 bits per heavy atom. The number of fused-ring (bicyclic) bond motifs is 1. The molecule has 4 aromatic carbocycles. The van der Waals surface area contributed by atoms with Crippen LogP contribution in [-0.4, -0.2) is 20.7 Å². The summed E-state index contributed by atoms with van der Waals surface area (Å²) in [7, 11) is 0.516. The molecule has 4 aromatic rings. The molecule has 0 aromatic heterocycles. The summed E-state index contributed by atoms with van der Waals surface area (Å²) < 4.78 is 0. The van der Waals surface area contributed by atoms with Gasteiger partial charge in [-0.25, -0.2) is 0 Å². The quantitative estimate of drug-likeness (QED) is 0.156. The minimum atomic E-state index is -0.362. The summed E-state index contributed by atoms with van der Waals surface area (Å²) in [5.41, 5.74) is 14.6. The number of rotatable bonds is 10. The van der Waals surface area contributed by atoms with Crippen LogP contribution in [0.1, 0.15) is 204 Å². The van der Waals surface area contributed by atoms with Crippen LogP contribution < -0.4 is 0 Å². The van der Waals surface area contributed by atoms with E-state index in [4.69, 9.17) is 0 Å². The van der Waals surface area contributed by atoms with Gasteiger partial charge < -0.3 is 0 Å². The molecule has 320 valence electrons. The van der Waals surface area contributed by atoms with Crippen molar-refractivity contribution < 1.29 is 25.7 Å². The summed E-state index contributed by atoms with van der Waals surface area (Å²) in [4.78, 5) is 0. The third kappa shape index (κ3) is 10.7. The van der Waals surface area contributed by atoms with E-state index >= 15 is 0 Å². The number of aromatic hydroxyl groups is 2. The molecule has 59 heavy (non-hydrogen) atoms. The van der Waals surface area contributed by atoms with Crippen molar-refractivity contribution in [2.24, 2.45) is 0 Å². The van der Waals surface area contributed by atoms with Crippen LogP contribution in [0.25, 0.3) is 22.3 Å². The van der Waals surface area contributed by atoms with E-state index in [1.165, 1.54) is 71.9 Å². The van der Waals surface area contributed by atoms with Crippen molar-refractivity contribution >= 4 is 15.9 Å². The van der Waals surface area contributed by atoms with E-state index in [-0.39, 0.29) is 42.2 Å². The zero-order chi connectivity index (χ0) is 43.1. The Hall–Kier alpha value is -2.11. The summed E-state index contributed by atoms with van der Waals surface area (Å²) in [6.07, 6.45) is 7.98. The molecule has 2 N–H and O–H groups in total. The molecule has 0 spiro atoms. The zero-order valence-corrected chi connectivity index (χ0v) is 42.3. The molecule has 2 aliphatic rings. The van der Waals surface area contributed by atoms with Gasteiger partial charge in [-0.15, -0.1) is 0 Å². The fraction of sp³-hybridized carbons (Fsp3) is 0.556. The molecule has 0 saturated heterocycles. The molecule has 1 aliphatic carbocycles. The Balaban J connectivity index is 1.51. The van der Waals surface area contributed by atoms with Crippen molar-refractivity contribution in [2.45, 2.75) is 192 Å². The predicted octanol–water partition coefficient (Wildman–Crippen LogP) is 16.8. The van der Waals surface area contributed by atoms with Gasteiger partial charge in [-0.2, -0.15) is 0 Å². The summed E-state index contributed by atoms with van der Waals surface area (Å²) in [6.45, 7) is 32.1. The standard InChI is InChI=1S/C54H76O2S2.Ti/c1-33(2)37-21-38(34(3)4)24-41(23-37)47-29-45(53(9,10)11)27-43(51(47)55)31-57-49-19-17-15-16-18-20-50(49)58-32-44-28-46(54(12,13)14)30-48(52(44)56)42-25-39(35(5)6)22-40(26-42)36(7)8;/h21-30,33-36,49-50,55-56H,15-20,31-32H2,1-14H3;/t49-,50?;/m0./s1. The van der Waals surface area contributed by atoms with Gasteiger partial charge in [0.25, 0.3) is 0 Å². The maximum atomic E-state index is 12.4. The van der Waals surface area contributed by atoms with Gasteiger partial charge in [0.1, 0.15) is 0 Å². The summed E-state index contributed by atoms with van der Waals surface area (Å²) in [5, 5.41) is 26.3. The van der Waals surface area contributed by atoms with Crippen molar-refractivity contribution in [1.29, 1.82) is 0 Å². The molecule has 3 unspecified atom stereocenters. The first kappa shape index (κ1) is 46.4. The van der Waals surface area contributed by atoms with Crippen molar-refractivity contribution in [3.63, 3.8) is 0 Å². The molecule has 0 bridgehead atoms. The molecular weight excluding hydrogens is 793 g/mol. The second kappa shape index (κ2) is 18.7. The van der Waals surface area contributed by atoms with Crippen LogP contribution in [0, 0.1) is 0 Å². The van der Waals surface area contributed by atoms with Crippen LogP contribution in [0.3, 0.4) is 0 Å². The Bertz CT molecular complexity index is 2030. The topological polar surface area (TPSA) is 40.5 Å². The zero-order valence-electron chi connectivity index (χ0n) is 39.1. The normalized spacial score (nSPS) is 20.2. The SMILES string of the molecule is CC(C)c1cc(-c2cc(C(C)(C)C)cc(C[S]3=[Ti]=[S](Cc4cc(C(C)(C)C)cc(-c5cc(C(C)C)cc(C(C)C)c5)c4O)[C@H]4CCCCCCC43)c2O)cc(C(C)C)c1. The third-order valence-corrected chi connectivity index (χ3v) is 29.0. The molecule has 1 fully saturated rings. The molecule has 1 aliphatic heterocycles. The Morgan fingerprint density at radius 3 is 1.10 bits per heavy atom. The molecule has 0 amide bonds. The Kier molecular flexibility index (Phi) is 14.7. The molecule has 4 atom stereocenters. The first-order chi connectivity index (χ1) is 27.6. The monoisotopic (exact) mass is 868 g/mol. The van der Waals surface area contributed by atoms with Crippen LogP contribution in [0.4, 0.5) is 0 Å². The van der Waals surface area contributed by atoms with Gasteiger partial charge in [0, 0.05) is 0 Å². The van der Waals surface area contributed by atoms with E-state index in [9.17, 15) is 10.2 Å². The van der Waals surface area contributed by atoms with Crippen LogP contribution in [0.2, 0.25) is 0 Å². The van der Waals surface area contributed by atoms with Crippen LogP contribution in [-0.2, 0) is 37.8 Å². The number of hydrogen-bond acceptors (Lipinski definition) is 2. The molecule has 2 nitrogen and oxygen atoms in total. The Morgan fingerprint density at radius 2 is 0.814 bits per heavy atom. The second-order valence-electron chi connectivity index (χ2n) is 21.3. The van der Waals surface area contributed by atoms with E-state index < -0.39 is 0 Å². The fourth-order valence-electron chi connectivity index (χ4n) is 8.85. The van der Waals surface area contributed by atoms with Gasteiger partial charge in [0.15, 0.2) is 0 Å². The molecule has 6 rings (SSSR count). The first-order valence-corrected chi connectivity index (χ1v) is 29.5. The summed E-state index contributed by atoms with van der Waals surface area (Å²) in [5.74, 6) is 4.67. The summed E-state index contributed by atoms with van der Waals surface area (Å²) >= 11 is -0.362. The minimum absolute atomic E-state index is 0.0339. The Labute approximate surface area is 370 Å². The number of benzene rings is 4. The van der Waals surface area contributed by atoms with E-state index in [1.54, 1.807) is 0 Å². The average Bonchev–Trinajstić information content (AvgIpc) is 3.44. The van der Waals surface area contributed by atoms with Gasteiger partial charge in [-0.05, 0) is 0 Å². The second-order valence-corrected chi connectivity index (χ2v) is 32.7. The van der Waals surface area contributed by atoms with Gasteiger partial charge in [0.05, 0.1) is 0 Å². The van der Waals surface area contributed by atoms with Gasteiger partial charge in [0.2, 0.25) is 0 Å². The molecule has 5 heteroatoms. The van der Waals surface area contributed by atoms with Crippen molar-refractivity contribution in [3.8, 4) is 33.8 Å². The molecule has 1 heterocycles. The van der Waals surface area contributed by atoms with Crippen LogP contribution in [0.15, 0.2) is 60.7 Å². The number of phenols is 2. The van der Waals surface area contributed by atoms with E-state index in [2.05, 4.69) is 158 Å². The van der Waals surface area contributed by atoms with Gasteiger partial charge in [-0.1, -0.05) is 0 Å². The number of phenolic OH excluding ortho intramolecular Hbond substituents is 2. The molecule has 0 radical (unpaired) electrons. The van der Waals surface area contributed by atoms with Crippen molar-refractivity contribution in [3.05, 3.63) is 105 Å². The fourth-order valence-corrected chi connectivity index (χ4v) is 29.7. The van der Waals surface area contributed by atoms with E-state index in [0.29, 0.717) is 35.2 Å². The number of hydrogen-bond donors (Lipinski definition) is 2. The third-order valence-electron chi connectivity index (χ3n) is 13.1. The van der Waals surface area contributed by atoms with Crippen molar-refractivity contribution in [1.82, 2.24) is 0 Å². The van der Waals surface area contributed by atoms with E-state index in [1.807, 2.05) is 0 Å². The predicted molar refractivity (Wildman–Crippen MR) is 259 cm³/mol. The molecular formula is C54H76O2S2Ti. The van der Waals surface area contributed by atoms with Gasteiger partial charge in [-0.3, -0.25) is 0 Å². The first-order valence-electron chi connectivity index (χ1n) is 22.8. The van der Waals surface area contributed by atoms with Crippen LogP contribution in [0.5, 0.6) is 11.5 Å². The average molecular weight is 869 g/mol. The van der Waals surface area contributed by atoms with E-state index in [0.717, 1.165) is 55.4 Å². The summed E-state index contributed by atoms with van der Waals surface area (Å²) in [6, 6.07) is 23.4.